The largest absolute Gasteiger partial charge is 0.465 e. The average Bonchev–Trinajstić information content (AvgIpc) is 2.63. The second-order valence-electron chi connectivity index (χ2n) is 6.99. The zero-order valence-corrected chi connectivity index (χ0v) is 17.9. The fourth-order valence-electron chi connectivity index (χ4n) is 2.90. The van der Waals surface area contributed by atoms with E-state index in [-0.39, 0.29) is 30.4 Å². The van der Waals surface area contributed by atoms with E-state index in [1.807, 2.05) is 13.8 Å². The number of carbonyl (C=O) groups excluding carboxylic acids is 4. The molecule has 0 spiro atoms. The number of carbonyl (C=O) groups is 4. The van der Waals surface area contributed by atoms with E-state index < -0.39 is 42.3 Å². The van der Waals surface area contributed by atoms with Crippen molar-refractivity contribution in [3.05, 3.63) is 11.3 Å². The highest BCUT2D eigenvalue weighted by Crippen LogP contribution is 2.33. The monoisotopic (exact) mass is 410 g/mol. The van der Waals surface area contributed by atoms with E-state index in [1.165, 1.54) is 0 Å². The van der Waals surface area contributed by atoms with Crippen molar-refractivity contribution in [1.29, 1.82) is 0 Å². The molecule has 0 saturated carbocycles. The molecular formula is C20H30N2O7. The summed E-state index contributed by atoms with van der Waals surface area (Å²) >= 11 is 0. The van der Waals surface area contributed by atoms with Gasteiger partial charge in [0.25, 0.3) is 5.91 Å². The van der Waals surface area contributed by atoms with Gasteiger partial charge in [-0.1, -0.05) is 13.8 Å². The quantitative estimate of drug-likeness (QED) is 0.451. The molecule has 0 fully saturated rings. The number of amides is 1. The van der Waals surface area contributed by atoms with Crippen molar-refractivity contribution < 1.29 is 33.4 Å². The summed E-state index contributed by atoms with van der Waals surface area (Å²) in [6.45, 7) is 10.3. The third kappa shape index (κ3) is 6.69. The van der Waals surface area contributed by atoms with Crippen molar-refractivity contribution in [2.75, 3.05) is 26.4 Å². The smallest absolute Gasteiger partial charge is 0.336 e. The zero-order valence-electron chi connectivity index (χ0n) is 17.9. The minimum absolute atomic E-state index is 0.0666. The molecule has 9 nitrogen and oxygen atoms in total. The molecule has 29 heavy (non-hydrogen) atoms. The number of hydrogen-bond donors (Lipinski definition) is 1. The Balaban J connectivity index is 3.15. The lowest BCUT2D eigenvalue weighted by Crippen LogP contribution is -2.43. The predicted molar refractivity (Wildman–Crippen MR) is 105 cm³/mol. The van der Waals surface area contributed by atoms with Gasteiger partial charge >= 0.3 is 17.9 Å². The van der Waals surface area contributed by atoms with Crippen LogP contribution in [0.2, 0.25) is 0 Å². The Kier molecular flexibility index (Phi) is 9.50. The normalized spacial score (nSPS) is 18.8. The Morgan fingerprint density at radius 2 is 1.55 bits per heavy atom. The number of hydrogen-bond acceptors (Lipinski definition) is 8. The van der Waals surface area contributed by atoms with Crippen LogP contribution in [-0.4, -0.2) is 55.9 Å². The molecule has 0 aromatic heterocycles. The van der Waals surface area contributed by atoms with Gasteiger partial charge in [0.2, 0.25) is 0 Å². The van der Waals surface area contributed by atoms with Gasteiger partial charge in [-0.05, 0) is 33.6 Å². The highest BCUT2D eigenvalue weighted by Gasteiger charge is 2.46. The van der Waals surface area contributed by atoms with Crippen molar-refractivity contribution in [3.8, 4) is 0 Å². The predicted octanol–water partition coefficient (Wildman–Crippen LogP) is 1.41. The maximum Gasteiger partial charge on any atom is 0.336 e. The minimum Gasteiger partial charge on any atom is -0.465 e. The summed E-state index contributed by atoms with van der Waals surface area (Å²) in [6.07, 6.45) is 0. The SMILES string of the molecule is CCOC(=O)C1=C(C)N=C(C)C(C(=O)OCC)[C@H]1C(=O)OCC(=O)NCC(C)C. The maximum absolute atomic E-state index is 12.9. The van der Waals surface area contributed by atoms with Gasteiger partial charge in [-0.15, -0.1) is 0 Å². The van der Waals surface area contributed by atoms with Gasteiger partial charge in [-0.25, -0.2) is 4.79 Å². The molecule has 0 aromatic carbocycles. The van der Waals surface area contributed by atoms with Crippen LogP contribution in [0.15, 0.2) is 16.3 Å². The summed E-state index contributed by atoms with van der Waals surface area (Å²) in [5.74, 6) is -5.02. The lowest BCUT2D eigenvalue weighted by atomic mass is 9.79. The van der Waals surface area contributed by atoms with Crippen LogP contribution < -0.4 is 5.32 Å². The first-order chi connectivity index (χ1) is 13.6. The maximum atomic E-state index is 12.9. The van der Waals surface area contributed by atoms with E-state index in [0.29, 0.717) is 12.3 Å². The summed E-state index contributed by atoms with van der Waals surface area (Å²) in [5.41, 5.74) is 0.510. The second kappa shape index (κ2) is 11.3. The van der Waals surface area contributed by atoms with Gasteiger partial charge in [0.05, 0.1) is 18.8 Å². The first-order valence-corrected chi connectivity index (χ1v) is 9.66. The van der Waals surface area contributed by atoms with Crippen molar-refractivity contribution in [1.82, 2.24) is 5.32 Å². The van der Waals surface area contributed by atoms with Gasteiger partial charge in [0.1, 0.15) is 11.8 Å². The molecule has 0 saturated heterocycles. The van der Waals surface area contributed by atoms with Gasteiger partial charge in [-0.3, -0.25) is 19.4 Å². The number of nitrogens with one attached hydrogen (secondary N) is 1. The molecular weight excluding hydrogens is 380 g/mol. The number of esters is 3. The van der Waals surface area contributed by atoms with Crippen LogP contribution in [0, 0.1) is 17.8 Å². The van der Waals surface area contributed by atoms with E-state index in [9.17, 15) is 19.2 Å². The Morgan fingerprint density at radius 3 is 2.10 bits per heavy atom. The number of nitrogens with zero attached hydrogens (tertiary/aromatic N) is 1. The van der Waals surface area contributed by atoms with Gasteiger partial charge in [0, 0.05) is 18.0 Å². The molecule has 1 N–H and O–H groups in total. The molecule has 1 aliphatic rings. The summed E-state index contributed by atoms with van der Waals surface area (Å²) in [5, 5.41) is 2.63. The Hall–Kier alpha value is -2.71. The molecule has 0 aromatic rings. The van der Waals surface area contributed by atoms with Gasteiger partial charge in [0.15, 0.2) is 6.61 Å². The third-order valence-electron chi connectivity index (χ3n) is 4.17. The second-order valence-corrected chi connectivity index (χ2v) is 6.99. The van der Waals surface area contributed by atoms with E-state index in [4.69, 9.17) is 14.2 Å². The van der Waals surface area contributed by atoms with Crippen molar-refractivity contribution in [2.24, 2.45) is 22.7 Å². The number of allylic oxidation sites excluding steroid dienone is 1. The zero-order chi connectivity index (χ0) is 22.1. The van der Waals surface area contributed by atoms with Crippen LogP contribution in [0.25, 0.3) is 0 Å². The van der Waals surface area contributed by atoms with Crippen molar-refractivity contribution in [2.45, 2.75) is 41.5 Å². The average molecular weight is 410 g/mol. The lowest BCUT2D eigenvalue weighted by molar-refractivity contribution is -0.159. The molecule has 0 aliphatic carbocycles. The van der Waals surface area contributed by atoms with Gasteiger partial charge < -0.3 is 19.5 Å². The number of ether oxygens (including phenoxy) is 3. The molecule has 0 bridgehead atoms. The lowest BCUT2D eigenvalue weighted by Gasteiger charge is -2.29. The summed E-state index contributed by atoms with van der Waals surface area (Å²) < 4.78 is 15.2. The summed E-state index contributed by atoms with van der Waals surface area (Å²) in [4.78, 5) is 54.0. The fourth-order valence-corrected chi connectivity index (χ4v) is 2.90. The molecule has 162 valence electrons. The minimum atomic E-state index is -1.30. The van der Waals surface area contributed by atoms with Crippen LogP contribution in [0.4, 0.5) is 0 Å². The molecule has 1 amide bonds. The molecule has 1 heterocycles. The van der Waals surface area contributed by atoms with E-state index in [0.717, 1.165) is 0 Å². The standard InChI is InChI=1S/C20H30N2O7/c1-7-27-18(24)15-12(5)22-13(6)16(19(25)28-8-2)17(15)20(26)29-10-14(23)21-9-11(3)4/h11,15,17H,7-10H2,1-6H3,(H,21,23)/t15?,17-/m1/s1. The molecule has 1 rings (SSSR count). The highest BCUT2D eigenvalue weighted by molar-refractivity contribution is 6.10. The van der Waals surface area contributed by atoms with E-state index in [2.05, 4.69) is 10.3 Å². The fraction of sp³-hybridized carbons (Fsp3) is 0.650. The van der Waals surface area contributed by atoms with Crippen LogP contribution >= 0.6 is 0 Å². The third-order valence-corrected chi connectivity index (χ3v) is 4.17. The molecule has 1 aliphatic heterocycles. The number of aliphatic imine (C=N–C) groups is 1. The summed E-state index contributed by atoms with van der Waals surface area (Å²) in [6, 6.07) is 0. The molecule has 0 radical (unpaired) electrons. The van der Waals surface area contributed by atoms with Crippen LogP contribution in [0.3, 0.4) is 0 Å². The first kappa shape index (κ1) is 24.3. The molecule has 2 atom stereocenters. The van der Waals surface area contributed by atoms with E-state index in [1.54, 1.807) is 27.7 Å². The molecule has 1 unspecified atom stereocenters. The summed E-state index contributed by atoms with van der Waals surface area (Å²) in [7, 11) is 0. The van der Waals surface area contributed by atoms with Crippen molar-refractivity contribution in [3.63, 3.8) is 0 Å². The van der Waals surface area contributed by atoms with Gasteiger partial charge in [-0.2, -0.15) is 0 Å². The topological polar surface area (TPSA) is 120 Å². The Labute approximate surface area is 170 Å². The number of rotatable bonds is 9. The Bertz CT molecular complexity index is 710. The first-order valence-electron chi connectivity index (χ1n) is 9.66. The van der Waals surface area contributed by atoms with Crippen LogP contribution in [0.5, 0.6) is 0 Å². The Morgan fingerprint density at radius 1 is 0.966 bits per heavy atom. The highest BCUT2D eigenvalue weighted by atomic mass is 16.5. The molecule has 9 heteroatoms. The van der Waals surface area contributed by atoms with Crippen LogP contribution in [-0.2, 0) is 33.4 Å². The van der Waals surface area contributed by atoms with E-state index >= 15 is 0 Å². The van der Waals surface area contributed by atoms with Crippen molar-refractivity contribution >= 4 is 29.5 Å². The van der Waals surface area contributed by atoms with Crippen LogP contribution in [0.1, 0.15) is 41.5 Å².